The van der Waals surface area contributed by atoms with Gasteiger partial charge in [-0.05, 0) is 30.9 Å². The highest BCUT2D eigenvalue weighted by atomic mass is 32.2. The number of carboxylic acids is 1. The van der Waals surface area contributed by atoms with Crippen molar-refractivity contribution in [2.45, 2.75) is 24.4 Å². The molecule has 3 rings (SSSR count). The van der Waals surface area contributed by atoms with E-state index in [-0.39, 0.29) is 29.9 Å². The summed E-state index contributed by atoms with van der Waals surface area (Å²) in [5, 5.41) is 17.9. The molecule has 0 unspecified atom stereocenters. The van der Waals surface area contributed by atoms with Crippen molar-refractivity contribution < 1.29 is 22.7 Å². The highest BCUT2D eigenvalue weighted by Gasteiger charge is 2.57. The van der Waals surface area contributed by atoms with E-state index in [9.17, 15) is 18.3 Å². The van der Waals surface area contributed by atoms with Crippen LogP contribution in [-0.4, -0.2) is 36.9 Å². The summed E-state index contributed by atoms with van der Waals surface area (Å²) in [5.74, 6) is -1.17. The molecule has 1 aliphatic carbocycles. The zero-order valence-electron chi connectivity index (χ0n) is 11.2. The number of nitrogens with zero attached hydrogens (tertiary/aromatic N) is 2. The summed E-state index contributed by atoms with van der Waals surface area (Å²) >= 11 is 0. The van der Waals surface area contributed by atoms with Gasteiger partial charge in [-0.2, -0.15) is 9.57 Å². The Kier molecular flexibility index (Phi) is 3.07. The second kappa shape index (κ2) is 4.58. The molecule has 7 nitrogen and oxygen atoms in total. The molecule has 2 fully saturated rings. The lowest BCUT2D eigenvalue weighted by Crippen LogP contribution is -2.37. The summed E-state index contributed by atoms with van der Waals surface area (Å²) < 4.78 is 31.1. The Morgan fingerprint density at radius 3 is 2.86 bits per heavy atom. The number of fused-ring (bicyclic) bond motifs is 1. The molecule has 0 bridgehead atoms. The van der Waals surface area contributed by atoms with Gasteiger partial charge in [-0.15, -0.1) is 0 Å². The second-order valence-corrected chi connectivity index (χ2v) is 7.45. The molecule has 2 atom stereocenters. The summed E-state index contributed by atoms with van der Waals surface area (Å²) in [7, 11) is -3.89. The lowest BCUT2D eigenvalue weighted by Gasteiger charge is -2.22. The number of hydrogen-bond donors (Lipinski definition) is 1. The van der Waals surface area contributed by atoms with Gasteiger partial charge in [0.2, 0.25) is 10.9 Å². The fourth-order valence-electron chi connectivity index (χ4n) is 3.42. The van der Waals surface area contributed by atoms with E-state index in [0.717, 1.165) is 12.8 Å². The molecule has 112 valence electrons. The minimum absolute atomic E-state index is 0.0298. The Balaban J connectivity index is 1.92. The third kappa shape index (κ3) is 1.96. The number of carboxylic acid groups (broad SMARTS) is 1. The Morgan fingerprint density at radius 1 is 1.52 bits per heavy atom. The smallest absolute Gasteiger partial charge is 0.311 e. The topological polar surface area (TPSA) is 112 Å². The minimum atomic E-state index is -3.89. The van der Waals surface area contributed by atoms with E-state index in [0.29, 0.717) is 6.42 Å². The lowest BCUT2D eigenvalue weighted by atomic mass is 9.81. The van der Waals surface area contributed by atoms with E-state index in [1.165, 1.54) is 16.4 Å². The van der Waals surface area contributed by atoms with E-state index >= 15 is 0 Å². The van der Waals surface area contributed by atoms with Crippen LogP contribution in [-0.2, 0) is 14.8 Å². The predicted octanol–water partition coefficient (Wildman–Crippen LogP) is 1.03. The molecule has 0 radical (unpaired) electrons. The van der Waals surface area contributed by atoms with Crippen LogP contribution < -0.4 is 0 Å². The summed E-state index contributed by atoms with van der Waals surface area (Å²) in [6, 6.07) is 4.25. The Bertz CT molecular complexity index is 732. The lowest BCUT2D eigenvalue weighted by molar-refractivity contribution is -0.149. The van der Waals surface area contributed by atoms with Crippen molar-refractivity contribution in [1.82, 2.24) is 4.31 Å². The largest absolute Gasteiger partial charge is 0.481 e. The quantitative estimate of drug-likeness (QED) is 0.892. The molecule has 2 aliphatic rings. The molecule has 8 heteroatoms. The van der Waals surface area contributed by atoms with E-state index < -0.39 is 21.4 Å². The second-order valence-electron chi connectivity index (χ2n) is 5.58. The van der Waals surface area contributed by atoms with Crippen LogP contribution >= 0.6 is 0 Å². The summed E-state index contributed by atoms with van der Waals surface area (Å²) in [6.45, 7) is 0.162. The number of nitriles is 1. The van der Waals surface area contributed by atoms with Crippen molar-refractivity contribution in [3.8, 4) is 6.07 Å². The Labute approximate surface area is 121 Å². The zero-order valence-corrected chi connectivity index (χ0v) is 12.0. The van der Waals surface area contributed by atoms with Gasteiger partial charge >= 0.3 is 5.97 Å². The van der Waals surface area contributed by atoms with Crippen molar-refractivity contribution in [2.75, 3.05) is 13.1 Å². The van der Waals surface area contributed by atoms with Gasteiger partial charge in [-0.25, -0.2) is 8.42 Å². The maximum Gasteiger partial charge on any atom is 0.311 e. The standard InChI is InChI=1S/C13H14N2O5S/c14-6-10-3-4-11(20-10)21(18,19)15-7-9-2-1-5-13(9,8-15)12(16)17/h3-4,9H,1-2,5,7-8H2,(H,16,17)/t9-,13+/m0/s1. The molecule has 2 heterocycles. The van der Waals surface area contributed by atoms with Gasteiger partial charge in [0.05, 0.1) is 5.41 Å². The first-order valence-electron chi connectivity index (χ1n) is 6.64. The van der Waals surface area contributed by atoms with Gasteiger partial charge in [0.25, 0.3) is 10.0 Å². The fourth-order valence-corrected chi connectivity index (χ4v) is 4.89. The zero-order chi connectivity index (χ0) is 15.3. The van der Waals surface area contributed by atoms with Gasteiger partial charge in [0, 0.05) is 13.1 Å². The first-order chi connectivity index (χ1) is 9.90. The number of sulfonamides is 1. The number of hydrogen-bond acceptors (Lipinski definition) is 5. The normalized spacial score (nSPS) is 29.2. The van der Waals surface area contributed by atoms with Gasteiger partial charge in [0.15, 0.2) is 0 Å². The van der Waals surface area contributed by atoms with Crippen LogP contribution in [0.2, 0.25) is 0 Å². The van der Waals surface area contributed by atoms with Crippen molar-refractivity contribution >= 4 is 16.0 Å². The molecule has 1 aliphatic heterocycles. The molecule has 1 aromatic heterocycles. The molecule has 0 spiro atoms. The van der Waals surface area contributed by atoms with Crippen LogP contribution in [0.3, 0.4) is 0 Å². The van der Waals surface area contributed by atoms with Crippen LogP contribution in [0.5, 0.6) is 0 Å². The van der Waals surface area contributed by atoms with E-state index in [1.54, 1.807) is 6.07 Å². The highest BCUT2D eigenvalue weighted by Crippen LogP contribution is 2.50. The van der Waals surface area contributed by atoms with Crippen molar-refractivity contribution in [1.29, 1.82) is 5.26 Å². The van der Waals surface area contributed by atoms with Crippen LogP contribution in [0.15, 0.2) is 21.6 Å². The molecule has 1 N–H and O–H groups in total. The van der Waals surface area contributed by atoms with Crippen LogP contribution in [0, 0.1) is 22.7 Å². The monoisotopic (exact) mass is 310 g/mol. The molecule has 1 aromatic rings. The maximum atomic E-state index is 12.5. The third-order valence-electron chi connectivity index (χ3n) is 4.55. The summed E-state index contributed by atoms with van der Waals surface area (Å²) in [4.78, 5) is 11.6. The van der Waals surface area contributed by atoms with Gasteiger partial charge in [0.1, 0.15) is 6.07 Å². The average molecular weight is 310 g/mol. The first kappa shape index (κ1) is 14.1. The summed E-state index contributed by atoms with van der Waals surface area (Å²) in [5.41, 5.74) is -0.974. The first-order valence-corrected chi connectivity index (χ1v) is 8.08. The molecular weight excluding hydrogens is 296 g/mol. The van der Waals surface area contributed by atoms with E-state index in [4.69, 9.17) is 9.68 Å². The number of aliphatic carboxylic acids is 1. The van der Waals surface area contributed by atoms with Gasteiger partial charge in [-0.3, -0.25) is 4.79 Å². The number of carbonyl (C=O) groups is 1. The molecule has 21 heavy (non-hydrogen) atoms. The number of furan rings is 1. The molecule has 0 amide bonds. The van der Waals surface area contributed by atoms with Crippen molar-refractivity contribution in [3.63, 3.8) is 0 Å². The van der Waals surface area contributed by atoms with Gasteiger partial charge < -0.3 is 9.52 Å². The Hall–Kier alpha value is -1.85. The van der Waals surface area contributed by atoms with Crippen LogP contribution in [0.4, 0.5) is 0 Å². The Morgan fingerprint density at radius 2 is 2.29 bits per heavy atom. The molecule has 1 saturated carbocycles. The fraction of sp³-hybridized carbons (Fsp3) is 0.538. The minimum Gasteiger partial charge on any atom is -0.481 e. The number of rotatable bonds is 3. The maximum absolute atomic E-state index is 12.5. The highest BCUT2D eigenvalue weighted by molar-refractivity contribution is 7.89. The molecular formula is C13H14N2O5S. The van der Waals surface area contributed by atoms with E-state index in [2.05, 4.69) is 0 Å². The van der Waals surface area contributed by atoms with Crippen molar-refractivity contribution in [3.05, 3.63) is 17.9 Å². The van der Waals surface area contributed by atoms with Crippen molar-refractivity contribution in [2.24, 2.45) is 11.3 Å². The SMILES string of the molecule is N#Cc1ccc(S(=O)(=O)N2C[C@@H]3CCC[C@@]3(C(=O)O)C2)o1. The molecule has 0 aromatic carbocycles. The third-order valence-corrected chi connectivity index (χ3v) is 6.24. The predicted molar refractivity (Wildman–Crippen MR) is 69.6 cm³/mol. The molecule has 1 saturated heterocycles. The van der Waals surface area contributed by atoms with E-state index in [1.807, 2.05) is 0 Å². The average Bonchev–Trinajstić information content (AvgIpc) is 3.12. The van der Waals surface area contributed by atoms with Crippen LogP contribution in [0.1, 0.15) is 25.0 Å². The summed E-state index contributed by atoms with van der Waals surface area (Å²) in [6.07, 6.45) is 2.03. The van der Waals surface area contributed by atoms with Crippen LogP contribution in [0.25, 0.3) is 0 Å². The van der Waals surface area contributed by atoms with Gasteiger partial charge in [-0.1, -0.05) is 6.42 Å².